The third kappa shape index (κ3) is 2.53. The third-order valence-electron chi connectivity index (χ3n) is 3.15. The number of rotatable bonds is 1. The van der Waals surface area contributed by atoms with Gasteiger partial charge >= 0.3 is 6.18 Å². The van der Waals surface area contributed by atoms with Gasteiger partial charge in [0.05, 0.1) is 22.5 Å². The fraction of sp³-hybridized carbons (Fsp3) is 0.500. The summed E-state index contributed by atoms with van der Waals surface area (Å²) in [5, 5.41) is 9.84. The second kappa shape index (κ2) is 4.05. The fourth-order valence-electron chi connectivity index (χ4n) is 2.17. The van der Waals surface area contributed by atoms with Crippen molar-refractivity contribution in [3.8, 4) is 0 Å². The average molecular weight is 260 g/mol. The van der Waals surface area contributed by atoms with Crippen LogP contribution in [0.25, 0.3) is 0 Å². The number of aliphatic hydroxyl groups is 1. The number of nitrogen functional groups attached to an aromatic ring is 1. The summed E-state index contributed by atoms with van der Waals surface area (Å²) < 4.78 is 37.5. The average Bonchev–Trinajstić information content (AvgIpc) is 2.57. The smallest absolute Gasteiger partial charge is 0.397 e. The van der Waals surface area contributed by atoms with Crippen molar-refractivity contribution in [3.05, 3.63) is 23.8 Å². The first kappa shape index (κ1) is 13.0. The maximum atomic E-state index is 12.5. The molecule has 0 aromatic heterocycles. The van der Waals surface area contributed by atoms with E-state index < -0.39 is 17.3 Å². The van der Waals surface area contributed by atoms with Crippen molar-refractivity contribution >= 4 is 11.4 Å². The van der Waals surface area contributed by atoms with Crippen LogP contribution in [0.2, 0.25) is 0 Å². The normalized spacial score (nSPS) is 24.6. The van der Waals surface area contributed by atoms with Crippen LogP contribution < -0.4 is 10.6 Å². The second-order valence-electron chi connectivity index (χ2n) is 4.94. The van der Waals surface area contributed by atoms with Gasteiger partial charge in [-0.3, -0.25) is 0 Å². The van der Waals surface area contributed by atoms with Gasteiger partial charge in [-0.2, -0.15) is 13.2 Å². The number of hydrogen-bond donors (Lipinski definition) is 2. The lowest BCUT2D eigenvalue weighted by atomic mass is 10.1. The molecule has 1 aliphatic rings. The van der Waals surface area contributed by atoms with Gasteiger partial charge in [0.1, 0.15) is 0 Å². The van der Waals surface area contributed by atoms with E-state index in [9.17, 15) is 18.3 Å². The van der Waals surface area contributed by atoms with Crippen LogP contribution in [0.15, 0.2) is 18.2 Å². The molecule has 1 heterocycles. The summed E-state index contributed by atoms with van der Waals surface area (Å²) >= 11 is 0. The molecule has 0 bridgehead atoms. The minimum atomic E-state index is -4.39. The van der Waals surface area contributed by atoms with Gasteiger partial charge in [0.15, 0.2) is 0 Å². The van der Waals surface area contributed by atoms with Crippen LogP contribution in [-0.4, -0.2) is 23.8 Å². The SMILES string of the molecule is CC1(O)CCN(c2ccc(C(F)(F)F)cc2N)C1. The highest BCUT2D eigenvalue weighted by molar-refractivity contribution is 5.69. The molecule has 0 spiro atoms. The Morgan fingerprint density at radius 2 is 2.06 bits per heavy atom. The van der Waals surface area contributed by atoms with Gasteiger partial charge in [-0.05, 0) is 31.5 Å². The molecule has 1 atom stereocenters. The van der Waals surface area contributed by atoms with Crippen molar-refractivity contribution in [2.75, 3.05) is 23.7 Å². The Hall–Kier alpha value is -1.43. The van der Waals surface area contributed by atoms with E-state index in [-0.39, 0.29) is 5.69 Å². The predicted molar refractivity (Wildman–Crippen MR) is 63.3 cm³/mol. The van der Waals surface area contributed by atoms with Crippen LogP contribution >= 0.6 is 0 Å². The summed E-state index contributed by atoms with van der Waals surface area (Å²) in [6.07, 6.45) is -3.81. The van der Waals surface area contributed by atoms with Crippen LogP contribution in [0.5, 0.6) is 0 Å². The predicted octanol–water partition coefficient (Wildman–Crippen LogP) is 2.25. The summed E-state index contributed by atoms with van der Waals surface area (Å²) in [6, 6.07) is 3.31. The van der Waals surface area contributed by atoms with Crippen LogP contribution in [0.3, 0.4) is 0 Å². The van der Waals surface area contributed by atoms with Crippen molar-refractivity contribution in [1.29, 1.82) is 0 Å². The van der Waals surface area contributed by atoms with E-state index in [1.165, 1.54) is 6.07 Å². The van der Waals surface area contributed by atoms with E-state index in [2.05, 4.69) is 0 Å². The van der Waals surface area contributed by atoms with Gasteiger partial charge in [0, 0.05) is 13.1 Å². The highest BCUT2D eigenvalue weighted by Gasteiger charge is 2.34. The lowest BCUT2D eigenvalue weighted by molar-refractivity contribution is -0.137. The lowest BCUT2D eigenvalue weighted by Gasteiger charge is -2.23. The summed E-state index contributed by atoms with van der Waals surface area (Å²) in [5.74, 6) is 0. The molecular weight excluding hydrogens is 245 g/mol. The molecular formula is C12H15F3N2O. The minimum Gasteiger partial charge on any atom is -0.397 e. The van der Waals surface area contributed by atoms with Crippen molar-refractivity contribution < 1.29 is 18.3 Å². The van der Waals surface area contributed by atoms with Crippen LogP contribution in [0.4, 0.5) is 24.5 Å². The minimum absolute atomic E-state index is 0.0857. The van der Waals surface area contributed by atoms with Gasteiger partial charge in [0.2, 0.25) is 0 Å². The van der Waals surface area contributed by atoms with Crippen LogP contribution in [-0.2, 0) is 6.18 Å². The Morgan fingerprint density at radius 3 is 2.50 bits per heavy atom. The number of benzene rings is 1. The number of nitrogens with zero attached hydrogens (tertiary/aromatic N) is 1. The molecule has 1 unspecified atom stereocenters. The van der Waals surface area contributed by atoms with E-state index in [0.717, 1.165) is 12.1 Å². The number of halogens is 3. The molecule has 0 amide bonds. The molecule has 1 fully saturated rings. The van der Waals surface area contributed by atoms with Gasteiger partial charge in [-0.15, -0.1) is 0 Å². The van der Waals surface area contributed by atoms with Crippen LogP contribution in [0, 0.1) is 0 Å². The standard InChI is InChI=1S/C12H15F3N2O/c1-11(18)4-5-17(7-11)10-3-2-8(6-9(10)16)12(13,14)15/h2-3,6,18H,4-5,7,16H2,1H3. The van der Waals surface area contributed by atoms with E-state index in [4.69, 9.17) is 5.73 Å². The maximum absolute atomic E-state index is 12.5. The molecule has 0 saturated carbocycles. The molecule has 18 heavy (non-hydrogen) atoms. The van der Waals surface area contributed by atoms with Crippen LogP contribution in [0.1, 0.15) is 18.9 Å². The molecule has 1 aromatic carbocycles. The maximum Gasteiger partial charge on any atom is 0.416 e. The number of anilines is 2. The quantitative estimate of drug-likeness (QED) is 0.761. The van der Waals surface area contributed by atoms with Crippen molar-refractivity contribution in [1.82, 2.24) is 0 Å². The largest absolute Gasteiger partial charge is 0.416 e. The summed E-state index contributed by atoms with van der Waals surface area (Å²) in [5.41, 5.74) is 4.73. The Labute approximate surface area is 103 Å². The number of nitrogens with two attached hydrogens (primary N) is 1. The third-order valence-corrected chi connectivity index (χ3v) is 3.15. The molecule has 3 nitrogen and oxygen atoms in total. The molecule has 1 aromatic rings. The lowest BCUT2D eigenvalue weighted by Crippen LogP contribution is -2.30. The molecule has 0 aliphatic carbocycles. The number of hydrogen-bond acceptors (Lipinski definition) is 3. The summed E-state index contributed by atoms with van der Waals surface area (Å²) in [4.78, 5) is 1.80. The Balaban J connectivity index is 2.26. The molecule has 0 radical (unpaired) electrons. The Morgan fingerprint density at radius 1 is 1.39 bits per heavy atom. The van der Waals surface area contributed by atoms with E-state index in [1.807, 2.05) is 0 Å². The van der Waals surface area contributed by atoms with Crippen molar-refractivity contribution in [2.45, 2.75) is 25.1 Å². The van der Waals surface area contributed by atoms with Crippen molar-refractivity contribution in [3.63, 3.8) is 0 Å². The summed E-state index contributed by atoms with van der Waals surface area (Å²) in [7, 11) is 0. The first-order chi connectivity index (χ1) is 8.19. The molecule has 2 rings (SSSR count). The monoisotopic (exact) mass is 260 g/mol. The highest BCUT2D eigenvalue weighted by Crippen LogP contribution is 2.36. The van der Waals surface area contributed by atoms with E-state index in [1.54, 1.807) is 11.8 Å². The first-order valence-electron chi connectivity index (χ1n) is 5.63. The van der Waals surface area contributed by atoms with Gasteiger partial charge in [-0.25, -0.2) is 0 Å². The number of alkyl halides is 3. The summed E-state index contributed by atoms with van der Waals surface area (Å²) in [6.45, 7) is 2.67. The Bertz CT molecular complexity index is 457. The zero-order valence-corrected chi connectivity index (χ0v) is 9.96. The zero-order valence-electron chi connectivity index (χ0n) is 9.96. The molecule has 1 saturated heterocycles. The highest BCUT2D eigenvalue weighted by atomic mass is 19.4. The fourth-order valence-corrected chi connectivity index (χ4v) is 2.17. The van der Waals surface area contributed by atoms with E-state index >= 15 is 0 Å². The van der Waals surface area contributed by atoms with Gasteiger partial charge < -0.3 is 15.7 Å². The molecule has 100 valence electrons. The number of β-amino-alcohol motifs (C(OH)–C–C–N with tert-alkyl or cyclic N) is 1. The topological polar surface area (TPSA) is 49.5 Å². The molecule has 3 N–H and O–H groups in total. The second-order valence-corrected chi connectivity index (χ2v) is 4.94. The first-order valence-corrected chi connectivity index (χ1v) is 5.63. The van der Waals surface area contributed by atoms with E-state index in [0.29, 0.717) is 25.2 Å². The zero-order chi connectivity index (χ0) is 13.6. The molecule has 6 heteroatoms. The molecule has 1 aliphatic heterocycles. The van der Waals surface area contributed by atoms with Gasteiger partial charge in [0.25, 0.3) is 0 Å². The Kier molecular flexibility index (Phi) is 2.93. The van der Waals surface area contributed by atoms with Gasteiger partial charge in [-0.1, -0.05) is 0 Å². The van der Waals surface area contributed by atoms with Crippen molar-refractivity contribution in [2.24, 2.45) is 0 Å².